The van der Waals surface area contributed by atoms with Gasteiger partial charge in [-0.05, 0) is 27.7 Å². The molecule has 0 aromatic carbocycles. The second-order valence-electron chi connectivity index (χ2n) is 8.42. The number of hydrogen-bond acceptors (Lipinski definition) is 6. The molecule has 0 spiro atoms. The minimum atomic E-state index is -1.11. The smallest absolute Gasteiger partial charge is 0.329 e. The van der Waals surface area contributed by atoms with Crippen LogP contribution in [-0.4, -0.2) is 99.7 Å². The van der Waals surface area contributed by atoms with Crippen LogP contribution in [0.25, 0.3) is 0 Å². The second-order valence-corrected chi connectivity index (χ2v) is 8.42. The van der Waals surface area contributed by atoms with E-state index in [0.29, 0.717) is 13.2 Å². The predicted octanol–water partition coefficient (Wildman–Crippen LogP) is -0.173. The first-order valence-corrected chi connectivity index (χ1v) is 9.05. The Morgan fingerprint density at radius 2 is 1.11 bits per heavy atom. The van der Waals surface area contributed by atoms with Crippen molar-refractivity contribution >= 4 is 23.9 Å². The first kappa shape index (κ1) is 18.2. The second kappa shape index (κ2) is 5.65. The lowest BCUT2D eigenvalue weighted by atomic mass is 10.0. The molecule has 10 heteroatoms. The molecule has 0 bridgehead atoms. The number of hydrogen-bond donors (Lipinski definition) is 0. The Balaban J connectivity index is 1.56. The van der Waals surface area contributed by atoms with Crippen LogP contribution in [-0.2, 0) is 19.1 Å². The van der Waals surface area contributed by atoms with Gasteiger partial charge in [0.2, 0.25) is 0 Å². The van der Waals surface area contributed by atoms with E-state index in [-0.39, 0.29) is 43.8 Å². The number of epoxide rings is 2. The molecule has 0 radical (unpaired) electrons. The minimum absolute atomic E-state index is 0.117. The van der Waals surface area contributed by atoms with E-state index >= 15 is 0 Å². The molecular formula is C17H24N4O6. The van der Waals surface area contributed by atoms with Crippen molar-refractivity contribution in [1.82, 2.24) is 19.6 Å². The van der Waals surface area contributed by atoms with Crippen LogP contribution in [0.3, 0.4) is 0 Å². The molecule has 148 valence electrons. The molecule has 10 nitrogen and oxygen atoms in total. The van der Waals surface area contributed by atoms with Crippen LogP contribution >= 0.6 is 0 Å². The molecule has 0 N–H and O–H groups in total. The van der Waals surface area contributed by atoms with E-state index in [1.807, 2.05) is 0 Å². The van der Waals surface area contributed by atoms with Crippen LogP contribution in [0.15, 0.2) is 0 Å². The molecule has 27 heavy (non-hydrogen) atoms. The van der Waals surface area contributed by atoms with Crippen LogP contribution in [0.1, 0.15) is 27.7 Å². The average molecular weight is 380 g/mol. The van der Waals surface area contributed by atoms with Gasteiger partial charge in [-0.2, -0.15) is 0 Å². The fourth-order valence-electron chi connectivity index (χ4n) is 3.53. The highest BCUT2D eigenvalue weighted by molar-refractivity contribution is 6.08. The third-order valence-corrected chi connectivity index (χ3v) is 5.67. The van der Waals surface area contributed by atoms with Gasteiger partial charge in [-0.15, -0.1) is 0 Å². The molecule has 4 saturated heterocycles. The van der Waals surface area contributed by atoms with E-state index in [9.17, 15) is 19.2 Å². The maximum Gasteiger partial charge on any atom is 0.329 e. The summed E-state index contributed by atoms with van der Waals surface area (Å²) in [5.74, 6) is -0.663. The number of nitrogens with zero attached hydrogens (tertiary/aromatic N) is 4. The van der Waals surface area contributed by atoms with Crippen LogP contribution in [0.4, 0.5) is 9.59 Å². The van der Waals surface area contributed by atoms with E-state index in [2.05, 4.69) is 0 Å². The molecule has 4 rings (SSSR count). The topological polar surface area (TPSA) is 106 Å². The molecule has 4 aliphatic rings. The van der Waals surface area contributed by atoms with Crippen LogP contribution in [0, 0.1) is 0 Å². The SMILES string of the molecule is CC1(C)C(=O)N(CC2CO2)C(=O)N1CN1C(=O)N(CC2CO2)C(=O)C1(C)C. The predicted molar refractivity (Wildman–Crippen MR) is 90.4 cm³/mol. The summed E-state index contributed by atoms with van der Waals surface area (Å²) >= 11 is 0. The Bertz CT molecular complexity index is 667. The molecular weight excluding hydrogens is 356 g/mol. The summed E-state index contributed by atoms with van der Waals surface area (Å²) in [5.41, 5.74) is -2.23. The lowest BCUT2D eigenvalue weighted by molar-refractivity contribution is -0.133. The molecule has 6 amide bonds. The highest BCUT2D eigenvalue weighted by Gasteiger charge is 2.58. The van der Waals surface area contributed by atoms with E-state index in [1.54, 1.807) is 27.7 Å². The van der Waals surface area contributed by atoms with Gasteiger partial charge < -0.3 is 9.47 Å². The first-order chi connectivity index (χ1) is 12.5. The number of amides is 6. The van der Waals surface area contributed by atoms with Gasteiger partial charge >= 0.3 is 12.1 Å². The van der Waals surface area contributed by atoms with E-state index < -0.39 is 23.1 Å². The van der Waals surface area contributed by atoms with E-state index in [1.165, 1.54) is 19.6 Å². The Kier molecular flexibility index (Phi) is 3.80. The van der Waals surface area contributed by atoms with Gasteiger partial charge in [0.15, 0.2) is 0 Å². The summed E-state index contributed by atoms with van der Waals surface area (Å²) in [6, 6.07) is -0.943. The fraction of sp³-hybridized carbons (Fsp3) is 0.765. The molecule has 2 unspecified atom stereocenters. The largest absolute Gasteiger partial charge is 0.371 e. The zero-order chi connectivity index (χ0) is 19.7. The number of imide groups is 2. The van der Waals surface area contributed by atoms with Crippen molar-refractivity contribution in [3.05, 3.63) is 0 Å². The van der Waals surface area contributed by atoms with Gasteiger partial charge in [-0.1, -0.05) is 0 Å². The van der Waals surface area contributed by atoms with Crippen LogP contribution in [0.2, 0.25) is 0 Å². The Morgan fingerprint density at radius 1 is 0.778 bits per heavy atom. The van der Waals surface area contributed by atoms with Crippen LogP contribution in [0.5, 0.6) is 0 Å². The molecule has 4 fully saturated rings. The third-order valence-electron chi connectivity index (χ3n) is 5.67. The van der Waals surface area contributed by atoms with Crippen molar-refractivity contribution in [2.75, 3.05) is 33.0 Å². The minimum Gasteiger partial charge on any atom is -0.371 e. The molecule has 0 aliphatic carbocycles. The maximum atomic E-state index is 12.9. The monoisotopic (exact) mass is 380 g/mol. The maximum absolute atomic E-state index is 12.9. The highest BCUT2D eigenvalue weighted by atomic mass is 16.6. The summed E-state index contributed by atoms with van der Waals surface area (Å²) < 4.78 is 10.3. The van der Waals surface area contributed by atoms with Crippen molar-refractivity contribution in [2.45, 2.75) is 51.0 Å². The van der Waals surface area contributed by atoms with Gasteiger partial charge in [-0.3, -0.25) is 29.2 Å². The van der Waals surface area contributed by atoms with Gasteiger partial charge in [0, 0.05) is 0 Å². The number of rotatable bonds is 6. The summed E-state index contributed by atoms with van der Waals surface area (Å²) in [4.78, 5) is 56.2. The van der Waals surface area contributed by atoms with Crippen molar-refractivity contribution in [3.8, 4) is 0 Å². The van der Waals surface area contributed by atoms with Crippen molar-refractivity contribution < 1.29 is 28.7 Å². The van der Waals surface area contributed by atoms with Gasteiger partial charge in [0.25, 0.3) is 11.8 Å². The van der Waals surface area contributed by atoms with Gasteiger partial charge in [0.05, 0.1) is 38.5 Å². The quantitative estimate of drug-likeness (QED) is 0.468. The Morgan fingerprint density at radius 3 is 1.41 bits per heavy atom. The third kappa shape index (κ3) is 2.78. The lowest BCUT2D eigenvalue weighted by Crippen LogP contribution is -2.55. The molecule has 4 heterocycles. The summed E-state index contributed by atoms with van der Waals surface area (Å²) in [6.45, 7) is 7.91. The van der Waals surface area contributed by atoms with Crippen molar-refractivity contribution in [1.29, 1.82) is 0 Å². The normalized spacial score (nSPS) is 31.4. The zero-order valence-corrected chi connectivity index (χ0v) is 15.9. The van der Waals surface area contributed by atoms with Crippen molar-refractivity contribution in [2.24, 2.45) is 0 Å². The lowest BCUT2D eigenvalue weighted by Gasteiger charge is -2.36. The number of carbonyl (C=O) groups is 4. The van der Waals surface area contributed by atoms with Crippen molar-refractivity contribution in [3.63, 3.8) is 0 Å². The molecule has 2 atom stereocenters. The standard InChI is InChI=1S/C17H24N4O6/c1-16(2)12(22)18(5-10-7-26-10)14(24)20(16)9-21-15(25)19(6-11-8-27-11)13(23)17(21,3)4/h10-11H,5-9H2,1-4H3. The molecule has 0 aromatic heterocycles. The molecule has 0 aromatic rings. The van der Waals surface area contributed by atoms with E-state index in [0.717, 1.165) is 0 Å². The van der Waals surface area contributed by atoms with Gasteiger partial charge in [-0.25, -0.2) is 9.59 Å². The zero-order valence-electron chi connectivity index (χ0n) is 15.9. The van der Waals surface area contributed by atoms with E-state index in [4.69, 9.17) is 9.47 Å². The Hall–Kier alpha value is -2.20. The van der Waals surface area contributed by atoms with Gasteiger partial charge in [0.1, 0.15) is 17.7 Å². The summed E-state index contributed by atoms with van der Waals surface area (Å²) in [6.07, 6.45) is -0.233. The molecule has 4 aliphatic heterocycles. The number of ether oxygens (including phenoxy) is 2. The average Bonchev–Trinajstić information content (AvgIpc) is 3.49. The number of carbonyl (C=O) groups excluding carboxylic acids is 4. The summed E-state index contributed by atoms with van der Waals surface area (Å²) in [5, 5.41) is 0. The van der Waals surface area contributed by atoms with Crippen LogP contribution < -0.4 is 0 Å². The molecule has 0 saturated carbocycles. The fourth-order valence-corrected chi connectivity index (χ4v) is 3.53. The number of urea groups is 2. The highest BCUT2D eigenvalue weighted by Crippen LogP contribution is 2.34. The Labute approximate surface area is 156 Å². The first-order valence-electron chi connectivity index (χ1n) is 9.05. The summed E-state index contributed by atoms with van der Waals surface area (Å²) in [7, 11) is 0.